The van der Waals surface area contributed by atoms with Crippen molar-refractivity contribution in [3.8, 4) is 0 Å². The lowest BCUT2D eigenvalue weighted by Gasteiger charge is -2.18. The van der Waals surface area contributed by atoms with Crippen molar-refractivity contribution in [2.45, 2.75) is 69.2 Å². The van der Waals surface area contributed by atoms with Gasteiger partial charge >= 0.3 is 0 Å². The lowest BCUT2D eigenvalue weighted by atomic mass is 9.93. The van der Waals surface area contributed by atoms with Gasteiger partial charge in [0.05, 0.1) is 13.2 Å². The average molecular weight is 262 g/mol. The summed E-state index contributed by atoms with van der Waals surface area (Å²) in [4.78, 5) is 0. The number of hydrogen-bond donors (Lipinski definition) is 0. The number of rotatable bonds is 7. The van der Waals surface area contributed by atoms with Crippen molar-refractivity contribution in [2.24, 2.45) is 10.8 Å². The summed E-state index contributed by atoms with van der Waals surface area (Å²) in [6.07, 6.45) is 2.21. The van der Waals surface area contributed by atoms with Gasteiger partial charge in [-0.3, -0.25) is 0 Å². The van der Waals surface area contributed by atoms with E-state index >= 15 is 0 Å². The van der Waals surface area contributed by atoms with Crippen LogP contribution in [0.15, 0.2) is 0 Å². The molecular weight excluding hydrogens is 224 g/mol. The smallest absolute Gasteiger partial charge is 0.0700 e. The summed E-state index contributed by atoms with van der Waals surface area (Å²) in [5.41, 5.74) is 0.736. The molecule has 0 aliphatic carbocycles. The van der Waals surface area contributed by atoms with Crippen molar-refractivity contribution in [1.29, 1.82) is 0 Å². The first-order chi connectivity index (χ1) is 7.21. The molecule has 0 aromatic carbocycles. The van der Waals surface area contributed by atoms with Gasteiger partial charge in [-0.25, -0.2) is 0 Å². The van der Waals surface area contributed by atoms with Crippen LogP contribution in [-0.4, -0.2) is 26.4 Å². The van der Waals surface area contributed by atoms with Crippen molar-refractivity contribution in [3.05, 3.63) is 0 Å². The van der Waals surface area contributed by atoms with Crippen LogP contribution in [0.3, 0.4) is 0 Å². The maximum absolute atomic E-state index is 5.52. The zero-order chi connectivity index (χ0) is 12.7. The summed E-state index contributed by atoms with van der Waals surface area (Å²) in [6.45, 7) is 16.5. The van der Waals surface area contributed by atoms with Gasteiger partial charge in [0.1, 0.15) is 0 Å². The van der Waals surface area contributed by atoms with E-state index in [9.17, 15) is 0 Å². The van der Waals surface area contributed by atoms with Gasteiger partial charge in [0, 0.05) is 13.2 Å². The van der Waals surface area contributed by atoms with Crippen molar-refractivity contribution < 1.29 is 9.47 Å². The molecule has 18 heavy (non-hydrogen) atoms. The molecule has 2 nitrogen and oxygen atoms in total. The van der Waals surface area contributed by atoms with E-state index in [0.717, 1.165) is 39.3 Å². The van der Waals surface area contributed by atoms with Crippen molar-refractivity contribution in [3.63, 3.8) is 0 Å². The van der Waals surface area contributed by atoms with Crippen LogP contribution >= 0.6 is 0 Å². The maximum Gasteiger partial charge on any atom is 0.0700 e. The maximum atomic E-state index is 5.52. The fourth-order valence-electron chi connectivity index (χ4n) is 1.08. The highest BCUT2D eigenvalue weighted by molar-refractivity contribution is 4.60. The normalized spacial score (nSPS) is 11.7. The van der Waals surface area contributed by atoms with Gasteiger partial charge in [-0.05, 0) is 23.7 Å². The molecule has 0 aromatic rings. The van der Waals surface area contributed by atoms with Crippen molar-refractivity contribution in [1.82, 2.24) is 0 Å². The highest BCUT2D eigenvalue weighted by Gasteiger charge is 2.10. The van der Waals surface area contributed by atoms with Crippen molar-refractivity contribution >= 4 is 0 Å². The molecule has 0 rings (SSSR count). The highest BCUT2D eigenvalue weighted by atomic mass is 16.5. The third-order valence-electron chi connectivity index (χ3n) is 2.36. The molecule has 0 radical (unpaired) electrons. The van der Waals surface area contributed by atoms with Crippen LogP contribution in [0.5, 0.6) is 0 Å². The average Bonchev–Trinajstić information content (AvgIpc) is 2.06. The van der Waals surface area contributed by atoms with E-state index in [4.69, 9.17) is 9.47 Å². The van der Waals surface area contributed by atoms with Gasteiger partial charge in [-0.15, -0.1) is 0 Å². The first-order valence-corrected chi connectivity index (χ1v) is 6.36. The van der Waals surface area contributed by atoms with Crippen LogP contribution in [0, 0.1) is 10.8 Å². The summed E-state index contributed by atoms with van der Waals surface area (Å²) in [5, 5.41) is 0. The second-order valence-corrected chi connectivity index (χ2v) is 6.85. The molecule has 0 heterocycles. The number of hydrogen-bond acceptors (Lipinski definition) is 2. The van der Waals surface area contributed by atoms with E-state index in [1.165, 1.54) is 0 Å². The van der Waals surface area contributed by atoms with Crippen LogP contribution in [0.4, 0.5) is 0 Å². The van der Waals surface area contributed by atoms with E-state index in [2.05, 4.69) is 41.5 Å². The minimum atomic E-state index is 0. The molecule has 0 unspecified atom stereocenters. The molecular formula is C16H38O2. The molecule has 0 spiro atoms. The lowest BCUT2D eigenvalue weighted by molar-refractivity contribution is 0.0312. The quantitative estimate of drug-likeness (QED) is 0.590. The Hall–Kier alpha value is -0.0800. The first-order valence-electron chi connectivity index (χ1n) is 6.36. The van der Waals surface area contributed by atoms with E-state index in [1.807, 2.05) is 0 Å². The zero-order valence-electron chi connectivity index (χ0n) is 12.1. The van der Waals surface area contributed by atoms with Crippen LogP contribution in [-0.2, 0) is 9.47 Å². The molecule has 0 aromatic heterocycles. The monoisotopic (exact) mass is 262 g/mol. The molecule has 0 fully saturated rings. The van der Waals surface area contributed by atoms with Gasteiger partial charge in [0.2, 0.25) is 0 Å². The summed E-state index contributed by atoms with van der Waals surface area (Å²) in [5.74, 6) is 0. The minimum absolute atomic E-state index is 0. The van der Waals surface area contributed by atoms with Crippen LogP contribution < -0.4 is 0 Å². The molecule has 0 atom stereocenters. The standard InChI is InChI=1S/C14H30O2.2CH4/c1-13(2,3)7-9-15-11-12-16-10-8-14(4,5)6;;/h7-12H2,1-6H3;2*1H4. The zero-order valence-corrected chi connectivity index (χ0v) is 12.1. The SMILES string of the molecule is C.C.CC(C)(C)CCOCCOCCC(C)(C)C. The molecule has 2 heteroatoms. The Kier molecular flexibility index (Phi) is 13.8. The Morgan fingerprint density at radius 3 is 1.06 bits per heavy atom. The summed E-state index contributed by atoms with van der Waals surface area (Å²) < 4.78 is 11.0. The Balaban J connectivity index is -0.00000112. The van der Waals surface area contributed by atoms with Gasteiger partial charge < -0.3 is 9.47 Å². The van der Waals surface area contributed by atoms with E-state index < -0.39 is 0 Å². The second kappa shape index (κ2) is 10.8. The molecule has 0 aliphatic heterocycles. The molecule has 114 valence electrons. The highest BCUT2D eigenvalue weighted by Crippen LogP contribution is 2.18. The molecule has 0 saturated heterocycles. The third kappa shape index (κ3) is 21.2. The fourth-order valence-corrected chi connectivity index (χ4v) is 1.08. The lowest BCUT2D eigenvalue weighted by Crippen LogP contribution is -2.14. The van der Waals surface area contributed by atoms with E-state index in [0.29, 0.717) is 10.8 Å². The minimum Gasteiger partial charge on any atom is -0.379 e. The van der Waals surface area contributed by atoms with Crippen LogP contribution in [0.1, 0.15) is 69.2 Å². The van der Waals surface area contributed by atoms with Crippen LogP contribution in [0.2, 0.25) is 0 Å². The third-order valence-corrected chi connectivity index (χ3v) is 2.36. The Bertz CT molecular complexity index is 143. The first kappa shape index (κ1) is 23.0. The van der Waals surface area contributed by atoms with Gasteiger partial charge in [-0.2, -0.15) is 0 Å². The predicted molar refractivity (Wildman–Crippen MR) is 83.2 cm³/mol. The second-order valence-electron chi connectivity index (χ2n) is 6.85. The van der Waals surface area contributed by atoms with E-state index in [1.54, 1.807) is 0 Å². The fraction of sp³-hybridized carbons (Fsp3) is 1.00. The van der Waals surface area contributed by atoms with E-state index in [-0.39, 0.29) is 14.9 Å². The molecule has 0 N–H and O–H groups in total. The number of ether oxygens (including phenoxy) is 2. The molecule has 0 amide bonds. The Morgan fingerprint density at radius 1 is 0.556 bits per heavy atom. The summed E-state index contributed by atoms with van der Waals surface area (Å²) >= 11 is 0. The van der Waals surface area contributed by atoms with Gasteiger partial charge in [-0.1, -0.05) is 56.4 Å². The molecule has 0 bridgehead atoms. The summed E-state index contributed by atoms with van der Waals surface area (Å²) in [7, 11) is 0. The molecule has 0 saturated carbocycles. The van der Waals surface area contributed by atoms with Crippen LogP contribution in [0.25, 0.3) is 0 Å². The van der Waals surface area contributed by atoms with Crippen molar-refractivity contribution in [2.75, 3.05) is 26.4 Å². The summed E-state index contributed by atoms with van der Waals surface area (Å²) in [6, 6.07) is 0. The van der Waals surface area contributed by atoms with Gasteiger partial charge in [0.15, 0.2) is 0 Å². The topological polar surface area (TPSA) is 18.5 Å². The Labute approximate surface area is 116 Å². The largest absolute Gasteiger partial charge is 0.379 e. The predicted octanol–water partition coefficient (Wildman–Crippen LogP) is 5.16. The van der Waals surface area contributed by atoms with Gasteiger partial charge in [0.25, 0.3) is 0 Å². The molecule has 0 aliphatic rings. The Morgan fingerprint density at radius 2 is 0.833 bits per heavy atom.